The van der Waals surface area contributed by atoms with Crippen LogP contribution in [0.3, 0.4) is 0 Å². The molecule has 2 heterocycles. The summed E-state index contributed by atoms with van der Waals surface area (Å²) in [5.41, 5.74) is 6.24. The molecule has 28 heavy (non-hydrogen) atoms. The van der Waals surface area contributed by atoms with Crippen LogP contribution in [0.1, 0.15) is 0 Å². The van der Waals surface area contributed by atoms with Gasteiger partial charge in [-0.05, 0) is 89.4 Å². The smallest absolute Gasteiger partial charge is 0.0155 e. The van der Waals surface area contributed by atoms with Crippen LogP contribution >= 0.6 is 15.8 Å². The van der Waals surface area contributed by atoms with Crippen LogP contribution in [0.5, 0.6) is 0 Å². The Balaban J connectivity index is 1.23. The van der Waals surface area contributed by atoms with E-state index in [2.05, 4.69) is 101 Å². The van der Waals surface area contributed by atoms with E-state index in [9.17, 15) is 0 Å². The lowest BCUT2D eigenvalue weighted by molar-refractivity contribution is 1.28. The van der Waals surface area contributed by atoms with E-state index in [0.717, 1.165) is 0 Å². The molecule has 134 valence electrons. The van der Waals surface area contributed by atoms with Gasteiger partial charge >= 0.3 is 0 Å². The average molecular weight is 394 g/mol. The first kappa shape index (κ1) is 19.1. The minimum absolute atomic E-state index is 0.306. The summed E-state index contributed by atoms with van der Waals surface area (Å²) in [5, 5.41) is 0. The van der Waals surface area contributed by atoms with Crippen LogP contribution in [0.2, 0.25) is 0 Å². The Labute approximate surface area is 175 Å². The van der Waals surface area contributed by atoms with Gasteiger partial charge in [0.2, 0.25) is 0 Å². The highest BCUT2D eigenvalue weighted by Gasteiger charge is 2.47. The molecule has 4 aliphatic carbocycles. The predicted molar refractivity (Wildman–Crippen MR) is 119 cm³/mol. The van der Waals surface area contributed by atoms with Gasteiger partial charge in [-0.3, -0.25) is 0 Å². The van der Waals surface area contributed by atoms with Crippen molar-refractivity contribution in [2.75, 3.05) is 12.3 Å². The highest BCUT2D eigenvalue weighted by molar-refractivity contribution is 7.69. The van der Waals surface area contributed by atoms with Gasteiger partial charge in [0.25, 0.3) is 0 Å². The minimum atomic E-state index is -0.306. The molecule has 6 aliphatic rings. The summed E-state index contributed by atoms with van der Waals surface area (Å²) in [7, 11) is -0.612. The quantitative estimate of drug-likeness (QED) is 0.514. The zero-order valence-corrected chi connectivity index (χ0v) is 17.3. The third kappa shape index (κ3) is 3.32. The zero-order chi connectivity index (χ0) is 18.5. The largest absolute Gasteiger partial charge is 0.0892 e. The van der Waals surface area contributed by atoms with Gasteiger partial charge in [0.15, 0.2) is 0 Å². The van der Waals surface area contributed by atoms with Crippen LogP contribution < -0.4 is 0 Å². The number of rotatable bonds is 3. The summed E-state index contributed by atoms with van der Waals surface area (Å²) < 4.78 is 0. The summed E-state index contributed by atoms with van der Waals surface area (Å²) in [4.78, 5) is 0. The maximum Gasteiger partial charge on any atom is 0.0155 e. The fraction of sp³-hybridized carbons (Fsp3) is 0.0769. The lowest BCUT2D eigenvalue weighted by Gasteiger charge is -2.36. The molecule has 4 saturated carbocycles. The predicted octanol–water partition coefficient (Wildman–Crippen LogP) is 6.02. The van der Waals surface area contributed by atoms with Crippen LogP contribution in [0.4, 0.5) is 0 Å². The first-order valence-corrected chi connectivity index (χ1v) is 12.9. The molecule has 2 aliphatic heterocycles. The molecule has 4 fully saturated rings. The van der Waals surface area contributed by atoms with E-state index in [1.54, 1.807) is 22.6 Å². The summed E-state index contributed by atoms with van der Waals surface area (Å²) in [6, 6.07) is 0. The molecule has 0 aromatic heterocycles. The van der Waals surface area contributed by atoms with Gasteiger partial charge < -0.3 is 0 Å². The molecule has 0 bridgehead atoms. The Hall–Kier alpha value is 0.340. The monoisotopic (exact) mass is 394 g/mol. The first-order valence-electron chi connectivity index (χ1n) is 9.82. The van der Waals surface area contributed by atoms with E-state index < -0.39 is 0 Å². The number of hydrogen-bond acceptors (Lipinski definition) is 0. The summed E-state index contributed by atoms with van der Waals surface area (Å²) in [5.74, 6) is 5.67. The van der Waals surface area contributed by atoms with E-state index in [-0.39, 0.29) is 15.8 Å². The van der Waals surface area contributed by atoms with E-state index in [0.29, 0.717) is 0 Å². The Kier molecular flexibility index (Phi) is 5.52. The van der Waals surface area contributed by atoms with E-state index in [4.69, 9.17) is 0 Å². The highest BCUT2D eigenvalue weighted by atomic mass is 31.1. The van der Waals surface area contributed by atoms with Crippen molar-refractivity contribution >= 4 is 15.8 Å². The van der Waals surface area contributed by atoms with Gasteiger partial charge in [-0.15, -0.1) is 0 Å². The van der Waals surface area contributed by atoms with Crippen molar-refractivity contribution in [2.24, 2.45) is 0 Å². The van der Waals surface area contributed by atoms with Gasteiger partial charge in [0, 0.05) is 46.3 Å². The lowest BCUT2D eigenvalue weighted by Crippen LogP contribution is -2.13. The molecule has 0 atom stereocenters. The first-order chi connectivity index (χ1) is 13.9. The maximum atomic E-state index is 2.36. The van der Waals surface area contributed by atoms with Gasteiger partial charge in [0.1, 0.15) is 0 Å². The molecular formula is C26H20P2. The van der Waals surface area contributed by atoms with Crippen molar-refractivity contribution in [3.8, 4) is 0 Å². The molecular weight excluding hydrogens is 374 g/mol. The Bertz CT molecular complexity index is 522. The van der Waals surface area contributed by atoms with Gasteiger partial charge in [-0.1, -0.05) is 40.1 Å². The third-order valence-electron chi connectivity index (χ3n) is 5.90. The normalized spacial score (nSPS) is 32.7. The standard InChI is InChI=1S/C26H20P2/c1-5-19-13-14-20-6-2-10-24(20)27(23(19)9-1)17-18-28-25-11-3-7-21(25)15-16-22-8-4-12-26(22)28/h1-16H,17-18H2. The second-order valence-corrected chi connectivity index (χ2v) is 12.0. The average Bonchev–Trinajstić information content (AvgIpc) is 3.48. The van der Waals surface area contributed by atoms with Crippen LogP contribution in [0, 0.1) is 123 Å². The number of fused-ring (bicyclic) bond motifs is 4. The number of hydrogen-bond donors (Lipinski definition) is 0. The fourth-order valence-electron chi connectivity index (χ4n) is 4.55. The second-order valence-electron chi connectivity index (χ2n) is 7.44. The molecule has 0 saturated heterocycles. The van der Waals surface area contributed by atoms with E-state index >= 15 is 0 Å². The SMILES string of the molecule is [CH]1[CH][C]2C=C[C]3[CH][CH][CH][C]3P(CCP3[C]4[CH][CH][CH][C]4C=C[C]4[CH][CH][CH][C]43)[C]2[CH]1. The van der Waals surface area contributed by atoms with Gasteiger partial charge in [-0.25, -0.2) is 0 Å². The molecule has 0 spiro atoms. The molecule has 0 aromatic carbocycles. The van der Waals surface area contributed by atoms with Crippen molar-refractivity contribution in [2.45, 2.75) is 0 Å². The van der Waals surface area contributed by atoms with E-state index in [1.165, 1.54) is 36.0 Å². The molecule has 0 nitrogen and oxygen atoms in total. The van der Waals surface area contributed by atoms with Crippen molar-refractivity contribution in [1.29, 1.82) is 0 Å². The van der Waals surface area contributed by atoms with Crippen LogP contribution in [-0.4, -0.2) is 12.3 Å². The number of allylic oxidation sites excluding steroid dienone is 4. The highest BCUT2D eigenvalue weighted by Crippen LogP contribution is 2.74. The Morgan fingerprint density at radius 1 is 0.393 bits per heavy atom. The Morgan fingerprint density at radius 3 is 0.964 bits per heavy atom. The molecule has 0 N–H and O–H groups in total. The maximum absolute atomic E-state index is 2.36. The van der Waals surface area contributed by atoms with Crippen molar-refractivity contribution in [1.82, 2.24) is 0 Å². The third-order valence-corrected chi connectivity index (χ3v) is 11.5. The van der Waals surface area contributed by atoms with Crippen molar-refractivity contribution < 1.29 is 0 Å². The van der Waals surface area contributed by atoms with Crippen LogP contribution in [0.15, 0.2) is 24.3 Å². The summed E-state index contributed by atoms with van der Waals surface area (Å²) in [6.45, 7) is 0. The van der Waals surface area contributed by atoms with E-state index in [1.807, 2.05) is 0 Å². The molecule has 0 amide bonds. The van der Waals surface area contributed by atoms with Gasteiger partial charge in [0.05, 0.1) is 0 Å². The Morgan fingerprint density at radius 2 is 0.679 bits per heavy atom. The topological polar surface area (TPSA) is 0 Å². The van der Waals surface area contributed by atoms with Crippen molar-refractivity contribution in [3.63, 3.8) is 0 Å². The molecule has 0 aromatic rings. The van der Waals surface area contributed by atoms with Gasteiger partial charge in [-0.2, -0.15) is 0 Å². The molecule has 2 heteroatoms. The van der Waals surface area contributed by atoms with Crippen LogP contribution in [-0.2, 0) is 0 Å². The lowest BCUT2D eigenvalue weighted by atomic mass is 10.0. The minimum Gasteiger partial charge on any atom is -0.0892 e. The zero-order valence-electron chi connectivity index (χ0n) is 15.5. The summed E-state index contributed by atoms with van der Waals surface area (Å²) in [6.07, 6.45) is 39.2. The van der Waals surface area contributed by atoms with Crippen LogP contribution in [0.25, 0.3) is 0 Å². The fourth-order valence-corrected chi connectivity index (χ4v) is 10.5. The van der Waals surface area contributed by atoms with Crippen molar-refractivity contribution in [3.05, 3.63) is 148 Å². The molecule has 0 unspecified atom stereocenters. The molecule has 20 radical (unpaired) electrons. The second kappa shape index (κ2) is 8.12. The summed E-state index contributed by atoms with van der Waals surface area (Å²) >= 11 is 0. The molecule has 6 rings (SSSR count).